The Balaban J connectivity index is 3.36. The second kappa shape index (κ2) is 18.7. The van der Waals surface area contributed by atoms with Crippen LogP contribution in [0.15, 0.2) is 0 Å². The van der Waals surface area contributed by atoms with E-state index in [0.29, 0.717) is 13.2 Å². The molecule has 1 unspecified atom stereocenters. The van der Waals surface area contributed by atoms with Crippen molar-refractivity contribution in [1.82, 2.24) is 10.6 Å². The number of hydrogen-bond acceptors (Lipinski definition) is 9. The van der Waals surface area contributed by atoms with E-state index in [4.69, 9.17) is 35.5 Å². The van der Waals surface area contributed by atoms with Crippen LogP contribution in [-0.2, 0) is 38.1 Å². The van der Waals surface area contributed by atoms with Crippen molar-refractivity contribution in [3.8, 4) is 0 Å². The molecule has 0 bridgehead atoms. The van der Waals surface area contributed by atoms with Gasteiger partial charge in [-0.3, -0.25) is 19.2 Å². The quantitative estimate of drug-likeness (QED) is 0.122. The molecule has 0 heterocycles. The fourth-order valence-corrected chi connectivity index (χ4v) is 1.85. The average molecular weight is 436 g/mol. The molecule has 0 rings (SSSR count). The molecule has 0 saturated heterocycles. The lowest BCUT2D eigenvalue weighted by molar-refractivity contribution is -0.138. The maximum absolute atomic E-state index is 11.5. The normalized spacial score (nSPS) is 11.6. The van der Waals surface area contributed by atoms with E-state index in [0.717, 1.165) is 0 Å². The van der Waals surface area contributed by atoms with Gasteiger partial charge in [0.1, 0.15) is 19.3 Å². The third-order valence-corrected chi connectivity index (χ3v) is 3.36. The SMILES string of the molecule is NC(=O)COCCOCCNC(=O)COCCOCCNC(=O)CCC(N)C(=O)O. The molecule has 0 fully saturated rings. The fourth-order valence-electron chi connectivity index (χ4n) is 1.85. The highest BCUT2D eigenvalue weighted by molar-refractivity contribution is 5.78. The van der Waals surface area contributed by atoms with E-state index in [2.05, 4.69) is 10.6 Å². The molecule has 0 radical (unpaired) electrons. The zero-order valence-corrected chi connectivity index (χ0v) is 16.9. The van der Waals surface area contributed by atoms with Crippen LogP contribution in [0.1, 0.15) is 12.8 Å². The highest BCUT2D eigenvalue weighted by Gasteiger charge is 2.13. The summed E-state index contributed by atoms with van der Waals surface area (Å²) in [5.41, 5.74) is 10.2. The van der Waals surface area contributed by atoms with Crippen LogP contribution in [0.5, 0.6) is 0 Å². The van der Waals surface area contributed by atoms with Crippen molar-refractivity contribution in [3.63, 3.8) is 0 Å². The van der Waals surface area contributed by atoms with Crippen LogP contribution >= 0.6 is 0 Å². The van der Waals surface area contributed by atoms with Gasteiger partial charge in [0.25, 0.3) is 0 Å². The lowest BCUT2D eigenvalue weighted by Gasteiger charge is -2.09. The van der Waals surface area contributed by atoms with Crippen LogP contribution in [0.25, 0.3) is 0 Å². The van der Waals surface area contributed by atoms with E-state index in [1.165, 1.54) is 0 Å². The first-order valence-corrected chi connectivity index (χ1v) is 9.44. The predicted octanol–water partition coefficient (Wildman–Crippen LogP) is -3.04. The van der Waals surface area contributed by atoms with Crippen molar-refractivity contribution in [2.45, 2.75) is 18.9 Å². The number of carboxylic acid groups (broad SMARTS) is 1. The molecule has 0 aliphatic heterocycles. The van der Waals surface area contributed by atoms with Gasteiger partial charge in [0, 0.05) is 19.5 Å². The summed E-state index contributed by atoms with van der Waals surface area (Å²) in [7, 11) is 0. The van der Waals surface area contributed by atoms with Gasteiger partial charge >= 0.3 is 5.97 Å². The van der Waals surface area contributed by atoms with Gasteiger partial charge in [-0.15, -0.1) is 0 Å². The summed E-state index contributed by atoms with van der Waals surface area (Å²) >= 11 is 0. The number of rotatable bonds is 20. The summed E-state index contributed by atoms with van der Waals surface area (Å²) in [6, 6.07) is -1.05. The number of nitrogens with one attached hydrogen (secondary N) is 2. The van der Waals surface area contributed by atoms with Crippen LogP contribution in [0.2, 0.25) is 0 Å². The van der Waals surface area contributed by atoms with Crippen molar-refractivity contribution in [1.29, 1.82) is 0 Å². The van der Waals surface area contributed by atoms with Gasteiger partial charge in [-0.2, -0.15) is 0 Å². The molecule has 0 aromatic heterocycles. The minimum atomic E-state index is -1.14. The van der Waals surface area contributed by atoms with Gasteiger partial charge in [-0.1, -0.05) is 0 Å². The number of hydrogen-bond donors (Lipinski definition) is 5. The van der Waals surface area contributed by atoms with Gasteiger partial charge < -0.3 is 46.2 Å². The molecular formula is C17H32N4O9. The Morgan fingerprint density at radius 2 is 1.27 bits per heavy atom. The van der Waals surface area contributed by atoms with Gasteiger partial charge in [0.2, 0.25) is 17.7 Å². The second-order valence-corrected chi connectivity index (χ2v) is 5.98. The molecule has 13 nitrogen and oxygen atoms in total. The summed E-state index contributed by atoms with van der Waals surface area (Å²) in [5.74, 6) is -2.28. The summed E-state index contributed by atoms with van der Waals surface area (Å²) in [4.78, 5) is 43.9. The zero-order chi connectivity index (χ0) is 22.6. The Morgan fingerprint density at radius 1 is 0.767 bits per heavy atom. The van der Waals surface area contributed by atoms with E-state index in [1.807, 2.05) is 0 Å². The molecule has 7 N–H and O–H groups in total. The Hall–Kier alpha value is -2.32. The molecule has 3 amide bonds. The number of primary amides is 1. The third-order valence-electron chi connectivity index (χ3n) is 3.36. The number of carbonyl (C=O) groups excluding carboxylic acids is 3. The van der Waals surface area contributed by atoms with Gasteiger partial charge in [-0.25, -0.2) is 0 Å². The molecule has 0 aliphatic carbocycles. The molecule has 0 spiro atoms. The Labute approximate surface area is 174 Å². The first kappa shape index (κ1) is 27.7. The summed E-state index contributed by atoms with van der Waals surface area (Å²) in [6.45, 7) is 1.85. The lowest BCUT2D eigenvalue weighted by atomic mass is 10.1. The number of amides is 3. The molecule has 13 heteroatoms. The van der Waals surface area contributed by atoms with Crippen LogP contribution in [-0.4, -0.2) is 101 Å². The zero-order valence-electron chi connectivity index (χ0n) is 16.9. The van der Waals surface area contributed by atoms with E-state index < -0.39 is 17.9 Å². The van der Waals surface area contributed by atoms with Crippen molar-refractivity contribution in [2.75, 3.05) is 65.9 Å². The molecule has 0 saturated carbocycles. The largest absolute Gasteiger partial charge is 0.480 e. The third kappa shape index (κ3) is 19.0. The fraction of sp³-hybridized carbons (Fsp3) is 0.765. The van der Waals surface area contributed by atoms with E-state index in [1.54, 1.807) is 0 Å². The minimum Gasteiger partial charge on any atom is -0.480 e. The number of carboxylic acids is 1. The second-order valence-electron chi connectivity index (χ2n) is 5.98. The highest BCUT2D eigenvalue weighted by Crippen LogP contribution is 1.94. The minimum absolute atomic E-state index is 0.0276. The van der Waals surface area contributed by atoms with Crippen molar-refractivity contribution in [2.24, 2.45) is 11.5 Å². The van der Waals surface area contributed by atoms with E-state index in [9.17, 15) is 19.2 Å². The van der Waals surface area contributed by atoms with Crippen LogP contribution in [0.3, 0.4) is 0 Å². The number of carbonyl (C=O) groups is 4. The van der Waals surface area contributed by atoms with E-state index >= 15 is 0 Å². The monoisotopic (exact) mass is 436 g/mol. The molecule has 0 aromatic carbocycles. The van der Waals surface area contributed by atoms with Gasteiger partial charge in [0.05, 0.1) is 39.6 Å². The smallest absolute Gasteiger partial charge is 0.320 e. The van der Waals surface area contributed by atoms with Crippen LogP contribution in [0, 0.1) is 0 Å². The lowest BCUT2D eigenvalue weighted by Crippen LogP contribution is -2.33. The molecular weight excluding hydrogens is 404 g/mol. The maximum Gasteiger partial charge on any atom is 0.320 e. The summed E-state index contributed by atoms with van der Waals surface area (Å²) in [6.07, 6.45) is 0.0925. The molecule has 30 heavy (non-hydrogen) atoms. The first-order chi connectivity index (χ1) is 14.3. The Bertz CT molecular complexity index is 519. The number of ether oxygens (including phenoxy) is 4. The van der Waals surface area contributed by atoms with Crippen molar-refractivity contribution < 1.29 is 43.2 Å². The Morgan fingerprint density at radius 3 is 1.80 bits per heavy atom. The summed E-state index contributed by atoms with van der Waals surface area (Å²) in [5, 5.41) is 13.8. The predicted molar refractivity (Wildman–Crippen MR) is 103 cm³/mol. The van der Waals surface area contributed by atoms with Gasteiger partial charge in [-0.05, 0) is 6.42 Å². The summed E-state index contributed by atoms with van der Waals surface area (Å²) < 4.78 is 20.5. The Kier molecular flexibility index (Phi) is 17.2. The molecule has 0 aliphatic rings. The molecule has 1 atom stereocenters. The maximum atomic E-state index is 11.5. The molecule has 174 valence electrons. The van der Waals surface area contributed by atoms with Gasteiger partial charge in [0.15, 0.2) is 0 Å². The number of nitrogens with two attached hydrogens (primary N) is 2. The average Bonchev–Trinajstić information content (AvgIpc) is 2.69. The topological polar surface area (TPSA) is 202 Å². The highest BCUT2D eigenvalue weighted by atomic mass is 16.5. The van der Waals surface area contributed by atoms with Crippen molar-refractivity contribution in [3.05, 3.63) is 0 Å². The standard InChI is InChI=1S/C17H32N4O9/c18-13(17(25)26)1-2-15(23)20-3-5-27-8-10-30-12-16(24)21-4-6-28-7-9-29-11-14(19)22/h13H,1-12,18H2,(H2,19,22)(H,20,23)(H,21,24)(H,25,26). The van der Waals surface area contributed by atoms with Crippen molar-refractivity contribution >= 4 is 23.7 Å². The van der Waals surface area contributed by atoms with Crippen LogP contribution in [0.4, 0.5) is 0 Å². The van der Waals surface area contributed by atoms with Crippen LogP contribution < -0.4 is 22.1 Å². The first-order valence-electron chi connectivity index (χ1n) is 9.44. The van der Waals surface area contributed by atoms with E-state index in [-0.39, 0.29) is 77.4 Å². The molecule has 0 aromatic rings. The number of aliphatic carboxylic acids is 1.